The molecule has 106 valence electrons. The molecule has 1 aliphatic rings. The molecule has 2 amide bonds. The zero-order valence-electron chi connectivity index (χ0n) is 11.2. The van der Waals surface area contributed by atoms with Gasteiger partial charge in [-0.1, -0.05) is 0 Å². The van der Waals surface area contributed by atoms with Crippen molar-refractivity contribution in [2.45, 2.75) is 0 Å². The van der Waals surface area contributed by atoms with Crippen molar-refractivity contribution in [1.82, 2.24) is 4.98 Å². The molecule has 3 rings (SSSR count). The molecular weight excluding hydrogens is 288 g/mol. The fraction of sp³-hybridized carbons (Fsp3) is 0.0667. The van der Waals surface area contributed by atoms with Crippen molar-refractivity contribution in [3.8, 4) is 5.75 Å². The van der Waals surface area contributed by atoms with Crippen LogP contribution in [0.5, 0.6) is 5.75 Å². The molecule has 0 atom stereocenters. The van der Waals surface area contributed by atoms with Crippen LogP contribution in [0.2, 0.25) is 0 Å². The summed E-state index contributed by atoms with van der Waals surface area (Å²) >= 11 is 0.932. The van der Waals surface area contributed by atoms with Crippen molar-refractivity contribution in [3.05, 3.63) is 53.2 Å². The monoisotopic (exact) mass is 300 g/mol. The normalized spacial score (nSPS) is 16.8. The largest absolute Gasteiger partial charge is 0.497 e. The van der Waals surface area contributed by atoms with Gasteiger partial charge in [0.1, 0.15) is 5.75 Å². The molecule has 1 fully saturated rings. The summed E-state index contributed by atoms with van der Waals surface area (Å²) in [4.78, 5) is 29.0. The molecule has 0 aliphatic carbocycles. The highest BCUT2D eigenvalue weighted by molar-refractivity contribution is 8.19. The molecule has 6 heteroatoms. The summed E-state index contributed by atoms with van der Waals surface area (Å²) in [5.74, 6) is 0.359. The topological polar surface area (TPSA) is 62.4 Å². The second kappa shape index (κ2) is 5.49. The van der Waals surface area contributed by atoms with Gasteiger partial charge in [0.15, 0.2) is 0 Å². The fourth-order valence-electron chi connectivity index (χ4n) is 2.00. The number of rotatable bonds is 3. The van der Waals surface area contributed by atoms with Crippen molar-refractivity contribution >= 4 is 34.7 Å². The maximum absolute atomic E-state index is 12.4. The van der Waals surface area contributed by atoms with Gasteiger partial charge in [-0.15, -0.1) is 0 Å². The van der Waals surface area contributed by atoms with E-state index in [9.17, 15) is 9.59 Å². The van der Waals surface area contributed by atoms with E-state index >= 15 is 0 Å². The molecule has 1 aliphatic heterocycles. The van der Waals surface area contributed by atoms with E-state index in [0.29, 0.717) is 16.3 Å². The minimum Gasteiger partial charge on any atom is -0.497 e. The van der Waals surface area contributed by atoms with E-state index in [1.54, 1.807) is 43.6 Å². The third-order valence-electron chi connectivity index (χ3n) is 3.03. The Labute approximate surface area is 125 Å². The average Bonchev–Trinajstić information content (AvgIpc) is 3.09. The lowest BCUT2D eigenvalue weighted by molar-refractivity contribution is -0.113. The van der Waals surface area contributed by atoms with Crippen LogP contribution in [0, 0.1) is 0 Å². The number of thioether (sulfide) groups is 1. The van der Waals surface area contributed by atoms with Crippen molar-refractivity contribution in [1.29, 1.82) is 0 Å². The smallest absolute Gasteiger partial charge is 0.298 e. The number of aromatic amines is 1. The first kappa shape index (κ1) is 13.5. The highest BCUT2D eigenvalue weighted by Gasteiger charge is 2.36. The van der Waals surface area contributed by atoms with Gasteiger partial charge in [-0.2, -0.15) is 0 Å². The minimum absolute atomic E-state index is 0.303. The second-order valence-corrected chi connectivity index (χ2v) is 5.33. The number of methoxy groups -OCH3 is 1. The van der Waals surface area contributed by atoms with Crippen LogP contribution in [-0.2, 0) is 4.79 Å². The number of carbonyl (C=O) groups excluding carboxylic acids is 2. The molecule has 0 bridgehead atoms. The van der Waals surface area contributed by atoms with Gasteiger partial charge < -0.3 is 9.72 Å². The minimum atomic E-state index is -0.315. The number of amides is 2. The van der Waals surface area contributed by atoms with Crippen LogP contribution in [0.15, 0.2) is 47.5 Å². The van der Waals surface area contributed by atoms with Gasteiger partial charge in [0.05, 0.1) is 17.7 Å². The number of H-pyrrole nitrogens is 1. The zero-order chi connectivity index (χ0) is 14.8. The standard InChI is InChI=1S/C15H12N2O3S/c1-20-12-6-4-11(5-7-12)17-14(18)13(21-15(17)19)9-10-3-2-8-16-10/h2-9,16H,1H3/b13-9+. The molecule has 0 spiro atoms. The number of ether oxygens (including phenoxy) is 1. The number of hydrogen-bond acceptors (Lipinski definition) is 4. The summed E-state index contributed by atoms with van der Waals surface area (Å²) < 4.78 is 5.07. The zero-order valence-corrected chi connectivity index (χ0v) is 12.0. The van der Waals surface area contributed by atoms with Gasteiger partial charge in [-0.05, 0) is 54.2 Å². The van der Waals surface area contributed by atoms with E-state index in [1.807, 2.05) is 12.1 Å². The van der Waals surface area contributed by atoms with Crippen molar-refractivity contribution < 1.29 is 14.3 Å². The SMILES string of the molecule is COc1ccc(N2C(=O)S/C(=C/c3ccc[nH]3)C2=O)cc1. The number of nitrogens with zero attached hydrogens (tertiary/aromatic N) is 1. The molecule has 21 heavy (non-hydrogen) atoms. The van der Waals surface area contributed by atoms with E-state index in [4.69, 9.17) is 4.74 Å². The van der Waals surface area contributed by atoms with E-state index < -0.39 is 0 Å². The lowest BCUT2D eigenvalue weighted by atomic mass is 10.2. The molecule has 0 radical (unpaired) electrons. The molecule has 2 aromatic rings. The van der Waals surface area contributed by atoms with Gasteiger partial charge in [0.25, 0.3) is 11.1 Å². The first-order valence-corrected chi connectivity index (χ1v) is 7.06. The lowest BCUT2D eigenvalue weighted by Crippen LogP contribution is -2.27. The Hall–Kier alpha value is -2.47. The first-order valence-electron chi connectivity index (χ1n) is 6.24. The van der Waals surface area contributed by atoms with Crippen LogP contribution in [0.25, 0.3) is 6.08 Å². The number of carbonyl (C=O) groups is 2. The Morgan fingerprint density at radius 1 is 1.19 bits per heavy atom. The fourth-order valence-corrected chi connectivity index (χ4v) is 2.83. The van der Waals surface area contributed by atoms with Gasteiger partial charge >= 0.3 is 0 Å². The maximum Gasteiger partial charge on any atom is 0.298 e. The van der Waals surface area contributed by atoms with Crippen molar-refractivity contribution in [2.24, 2.45) is 0 Å². The number of imide groups is 1. The quantitative estimate of drug-likeness (QED) is 0.884. The predicted molar refractivity (Wildman–Crippen MR) is 82.2 cm³/mol. The van der Waals surface area contributed by atoms with E-state index in [1.165, 1.54) is 4.90 Å². The van der Waals surface area contributed by atoms with Crippen LogP contribution >= 0.6 is 11.8 Å². The van der Waals surface area contributed by atoms with Crippen LogP contribution in [0.3, 0.4) is 0 Å². The van der Waals surface area contributed by atoms with Crippen LogP contribution < -0.4 is 9.64 Å². The Kier molecular flexibility index (Phi) is 3.53. The number of benzene rings is 1. The predicted octanol–water partition coefficient (Wildman–Crippen LogP) is 3.26. The molecule has 0 saturated carbocycles. The summed E-state index contributed by atoms with van der Waals surface area (Å²) in [5.41, 5.74) is 1.32. The summed E-state index contributed by atoms with van der Waals surface area (Å²) in [5, 5.41) is -0.303. The molecule has 2 heterocycles. The molecule has 1 saturated heterocycles. The number of aromatic nitrogens is 1. The molecule has 1 aromatic carbocycles. The third kappa shape index (κ3) is 2.57. The number of anilines is 1. The van der Waals surface area contributed by atoms with Crippen molar-refractivity contribution in [2.75, 3.05) is 12.0 Å². The number of hydrogen-bond donors (Lipinski definition) is 1. The van der Waals surface area contributed by atoms with Gasteiger partial charge in [0, 0.05) is 11.9 Å². The van der Waals surface area contributed by atoms with E-state index in [2.05, 4.69) is 4.98 Å². The van der Waals surface area contributed by atoms with Crippen LogP contribution in [0.1, 0.15) is 5.69 Å². The van der Waals surface area contributed by atoms with Gasteiger partial charge in [-0.3, -0.25) is 9.59 Å². The summed E-state index contributed by atoms with van der Waals surface area (Å²) in [6.07, 6.45) is 3.44. The molecular formula is C15H12N2O3S. The Morgan fingerprint density at radius 2 is 1.95 bits per heavy atom. The third-order valence-corrected chi connectivity index (χ3v) is 3.90. The Balaban J connectivity index is 1.90. The molecule has 1 aromatic heterocycles. The van der Waals surface area contributed by atoms with Crippen molar-refractivity contribution in [3.63, 3.8) is 0 Å². The molecule has 5 nitrogen and oxygen atoms in total. The Bertz CT molecular complexity index is 705. The molecule has 1 N–H and O–H groups in total. The highest BCUT2D eigenvalue weighted by Crippen LogP contribution is 2.35. The van der Waals surface area contributed by atoms with Crippen LogP contribution in [-0.4, -0.2) is 23.2 Å². The summed E-state index contributed by atoms with van der Waals surface area (Å²) in [6.45, 7) is 0. The summed E-state index contributed by atoms with van der Waals surface area (Å²) in [7, 11) is 1.56. The number of nitrogens with one attached hydrogen (secondary N) is 1. The van der Waals surface area contributed by atoms with E-state index in [0.717, 1.165) is 17.5 Å². The summed E-state index contributed by atoms with van der Waals surface area (Å²) in [6, 6.07) is 10.5. The average molecular weight is 300 g/mol. The first-order chi connectivity index (χ1) is 10.2. The second-order valence-electron chi connectivity index (χ2n) is 4.34. The van der Waals surface area contributed by atoms with Gasteiger partial charge in [0.2, 0.25) is 0 Å². The highest BCUT2D eigenvalue weighted by atomic mass is 32.2. The van der Waals surface area contributed by atoms with Gasteiger partial charge in [-0.25, -0.2) is 4.90 Å². The maximum atomic E-state index is 12.4. The van der Waals surface area contributed by atoms with E-state index in [-0.39, 0.29) is 11.1 Å². The Morgan fingerprint density at radius 3 is 2.57 bits per heavy atom. The van der Waals surface area contributed by atoms with Crippen LogP contribution in [0.4, 0.5) is 10.5 Å². The molecule has 0 unspecified atom stereocenters. The lowest BCUT2D eigenvalue weighted by Gasteiger charge is -2.12.